The van der Waals surface area contributed by atoms with Crippen LogP contribution >= 0.6 is 0 Å². The monoisotopic (exact) mass is 284 g/mol. The second-order valence-corrected chi connectivity index (χ2v) is 5.94. The predicted octanol–water partition coefficient (Wildman–Crippen LogP) is 4.21. The first-order valence-corrected chi connectivity index (χ1v) is 7.38. The molecule has 0 aliphatic carbocycles. The van der Waals surface area contributed by atoms with Gasteiger partial charge >= 0.3 is 0 Å². The molecule has 1 aromatic heterocycles. The molecule has 0 unspecified atom stereocenters. The molecule has 0 aliphatic rings. The van der Waals surface area contributed by atoms with Gasteiger partial charge in [-0.25, -0.2) is 4.98 Å². The standard InChI is InChI=1S/C17H24N4/c1-11(2)10-18-17-19-14(5)9-16(21-17)20-15-8-12(3)6-7-13(15)4/h6-9,11H,10H2,1-5H3,(H2,18,19,20,21). The van der Waals surface area contributed by atoms with Crippen LogP contribution in [0.1, 0.15) is 30.7 Å². The fourth-order valence-corrected chi connectivity index (χ4v) is 2.02. The first-order chi connectivity index (χ1) is 9.94. The fourth-order valence-electron chi connectivity index (χ4n) is 2.02. The Labute approximate surface area is 127 Å². The summed E-state index contributed by atoms with van der Waals surface area (Å²) in [5.41, 5.74) is 4.47. The quantitative estimate of drug-likeness (QED) is 0.863. The summed E-state index contributed by atoms with van der Waals surface area (Å²) in [6.07, 6.45) is 0. The summed E-state index contributed by atoms with van der Waals surface area (Å²) in [5.74, 6) is 2.06. The van der Waals surface area contributed by atoms with Crippen molar-refractivity contribution < 1.29 is 0 Å². The third-order valence-corrected chi connectivity index (χ3v) is 3.18. The molecule has 0 bridgehead atoms. The maximum Gasteiger partial charge on any atom is 0.224 e. The van der Waals surface area contributed by atoms with E-state index in [9.17, 15) is 0 Å². The van der Waals surface area contributed by atoms with Gasteiger partial charge in [-0.05, 0) is 43.9 Å². The summed E-state index contributed by atoms with van der Waals surface area (Å²) in [7, 11) is 0. The Balaban J connectivity index is 2.21. The van der Waals surface area contributed by atoms with Gasteiger partial charge in [0.15, 0.2) is 0 Å². The largest absolute Gasteiger partial charge is 0.354 e. The van der Waals surface area contributed by atoms with Crippen LogP contribution in [0, 0.1) is 26.7 Å². The number of aryl methyl sites for hydroxylation is 3. The van der Waals surface area contributed by atoms with Gasteiger partial charge in [-0.15, -0.1) is 0 Å². The Bertz CT molecular complexity index is 620. The molecule has 4 heteroatoms. The van der Waals surface area contributed by atoms with Crippen LogP contribution in [-0.4, -0.2) is 16.5 Å². The Morgan fingerprint density at radius 3 is 2.52 bits per heavy atom. The van der Waals surface area contributed by atoms with Gasteiger partial charge in [-0.1, -0.05) is 26.0 Å². The molecule has 1 aromatic carbocycles. The zero-order valence-electron chi connectivity index (χ0n) is 13.5. The lowest BCUT2D eigenvalue weighted by Crippen LogP contribution is -2.11. The molecule has 0 saturated heterocycles. The van der Waals surface area contributed by atoms with Crippen molar-refractivity contribution in [3.05, 3.63) is 41.1 Å². The molecule has 2 rings (SSSR count). The van der Waals surface area contributed by atoms with E-state index in [-0.39, 0.29) is 0 Å². The van der Waals surface area contributed by atoms with Gasteiger partial charge < -0.3 is 10.6 Å². The second kappa shape index (κ2) is 6.57. The minimum absolute atomic E-state index is 0.560. The molecule has 0 spiro atoms. The highest BCUT2D eigenvalue weighted by Crippen LogP contribution is 2.21. The van der Waals surface area contributed by atoms with Gasteiger partial charge in [0, 0.05) is 24.0 Å². The smallest absolute Gasteiger partial charge is 0.224 e. The van der Waals surface area contributed by atoms with Crippen molar-refractivity contribution >= 4 is 17.5 Å². The molecular weight excluding hydrogens is 260 g/mol. The van der Waals surface area contributed by atoms with Gasteiger partial charge in [-0.2, -0.15) is 4.98 Å². The molecule has 0 aliphatic heterocycles. The van der Waals surface area contributed by atoms with Crippen molar-refractivity contribution in [3.63, 3.8) is 0 Å². The SMILES string of the molecule is Cc1ccc(C)c(Nc2cc(C)nc(NCC(C)C)n2)c1. The van der Waals surface area contributed by atoms with Crippen molar-refractivity contribution in [3.8, 4) is 0 Å². The molecule has 112 valence electrons. The van der Waals surface area contributed by atoms with Gasteiger partial charge in [0.1, 0.15) is 5.82 Å². The van der Waals surface area contributed by atoms with Crippen LogP contribution in [0.2, 0.25) is 0 Å². The predicted molar refractivity (Wildman–Crippen MR) is 89.3 cm³/mol. The summed E-state index contributed by atoms with van der Waals surface area (Å²) in [5, 5.41) is 6.67. The Kier molecular flexibility index (Phi) is 4.78. The maximum absolute atomic E-state index is 4.54. The summed E-state index contributed by atoms with van der Waals surface area (Å²) in [4.78, 5) is 8.96. The number of rotatable bonds is 5. The summed E-state index contributed by atoms with van der Waals surface area (Å²) in [6.45, 7) is 11.4. The number of hydrogen-bond donors (Lipinski definition) is 2. The van der Waals surface area contributed by atoms with Crippen LogP contribution in [-0.2, 0) is 0 Å². The number of nitrogens with one attached hydrogen (secondary N) is 2. The van der Waals surface area contributed by atoms with E-state index < -0.39 is 0 Å². The first-order valence-electron chi connectivity index (χ1n) is 7.38. The van der Waals surface area contributed by atoms with Gasteiger partial charge in [0.05, 0.1) is 0 Å². The lowest BCUT2D eigenvalue weighted by atomic mass is 10.1. The minimum Gasteiger partial charge on any atom is -0.354 e. The van der Waals surface area contributed by atoms with Crippen LogP contribution in [0.25, 0.3) is 0 Å². The van der Waals surface area contributed by atoms with Crippen LogP contribution < -0.4 is 10.6 Å². The topological polar surface area (TPSA) is 49.8 Å². The molecule has 0 fully saturated rings. The van der Waals surface area contributed by atoms with Crippen molar-refractivity contribution in [1.29, 1.82) is 0 Å². The van der Waals surface area contributed by atoms with E-state index in [1.807, 2.05) is 13.0 Å². The molecule has 2 N–H and O–H groups in total. The highest BCUT2D eigenvalue weighted by Gasteiger charge is 2.05. The average Bonchev–Trinajstić information content (AvgIpc) is 2.40. The average molecular weight is 284 g/mol. The first kappa shape index (κ1) is 15.3. The lowest BCUT2D eigenvalue weighted by Gasteiger charge is -2.13. The Morgan fingerprint density at radius 1 is 1.05 bits per heavy atom. The number of benzene rings is 1. The molecule has 21 heavy (non-hydrogen) atoms. The van der Waals surface area contributed by atoms with E-state index >= 15 is 0 Å². The van der Waals surface area contributed by atoms with Gasteiger partial charge in [-0.3, -0.25) is 0 Å². The van der Waals surface area contributed by atoms with E-state index in [4.69, 9.17) is 0 Å². The third kappa shape index (κ3) is 4.45. The molecule has 0 amide bonds. The molecule has 1 heterocycles. The van der Waals surface area contributed by atoms with Crippen LogP contribution in [0.5, 0.6) is 0 Å². The highest BCUT2D eigenvalue weighted by atomic mass is 15.1. The van der Waals surface area contributed by atoms with Crippen molar-refractivity contribution in [2.45, 2.75) is 34.6 Å². The van der Waals surface area contributed by atoms with E-state index in [2.05, 4.69) is 66.5 Å². The van der Waals surface area contributed by atoms with Crippen LogP contribution in [0.4, 0.5) is 17.5 Å². The molecular formula is C17H24N4. The highest BCUT2D eigenvalue weighted by molar-refractivity contribution is 5.62. The lowest BCUT2D eigenvalue weighted by molar-refractivity contribution is 0.684. The van der Waals surface area contributed by atoms with E-state index in [1.165, 1.54) is 11.1 Å². The number of anilines is 3. The Hall–Kier alpha value is -2.10. The summed E-state index contributed by atoms with van der Waals surface area (Å²) < 4.78 is 0. The van der Waals surface area contributed by atoms with E-state index in [1.54, 1.807) is 0 Å². The number of hydrogen-bond acceptors (Lipinski definition) is 4. The third-order valence-electron chi connectivity index (χ3n) is 3.18. The summed E-state index contributed by atoms with van der Waals surface area (Å²) >= 11 is 0. The second-order valence-electron chi connectivity index (χ2n) is 5.94. The fraction of sp³-hybridized carbons (Fsp3) is 0.412. The Morgan fingerprint density at radius 2 is 1.81 bits per heavy atom. The van der Waals surface area contributed by atoms with Crippen LogP contribution in [0.3, 0.4) is 0 Å². The molecule has 2 aromatic rings. The van der Waals surface area contributed by atoms with E-state index in [0.29, 0.717) is 11.9 Å². The number of nitrogens with zero attached hydrogens (tertiary/aromatic N) is 2. The number of aromatic nitrogens is 2. The zero-order chi connectivity index (χ0) is 15.4. The summed E-state index contributed by atoms with van der Waals surface area (Å²) in [6, 6.07) is 8.32. The van der Waals surface area contributed by atoms with E-state index in [0.717, 1.165) is 23.7 Å². The minimum atomic E-state index is 0.560. The molecule has 0 saturated carbocycles. The van der Waals surface area contributed by atoms with Gasteiger partial charge in [0.25, 0.3) is 0 Å². The zero-order valence-corrected chi connectivity index (χ0v) is 13.5. The van der Waals surface area contributed by atoms with Crippen molar-refractivity contribution in [2.75, 3.05) is 17.2 Å². The van der Waals surface area contributed by atoms with Gasteiger partial charge in [0.2, 0.25) is 5.95 Å². The van der Waals surface area contributed by atoms with Crippen molar-refractivity contribution in [1.82, 2.24) is 9.97 Å². The van der Waals surface area contributed by atoms with Crippen molar-refractivity contribution in [2.24, 2.45) is 5.92 Å². The normalized spacial score (nSPS) is 10.8. The van der Waals surface area contributed by atoms with Crippen LogP contribution in [0.15, 0.2) is 24.3 Å². The maximum atomic E-state index is 4.54. The molecule has 4 nitrogen and oxygen atoms in total. The molecule has 0 radical (unpaired) electrons. The molecule has 0 atom stereocenters.